The molecule has 1 rings (SSSR count). The Hall–Kier alpha value is -0.580. The van der Waals surface area contributed by atoms with Gasteiger partial charge in [0, 0.05) is 15.6 Å². The standard InChI is InChI=1S/C10H11BrF3N/c1-9(2,3)7-5-4-6(11)8(15-7)10(12,13)14/h4-5H,1-3H3. The van der Waals surface area contributed by atoms with Crippen molar-refractivity contribution in [3.63, 3.8) is 0 Å². The van der Waals surface area contributed by atoms with Gasteiger partial charge in [0.2, 0.25) is 0 Å². The maximum Gasteiger partial charge on any atom is 0.434 e. The predicted molar refractivity (Wildman–Crippen MR) is 55.6 cm³/mol. The highest BCUT2D eigenvalue weighted by molar-refractivity contribution is 9.10. The van der Waals surface area contributed by atoms with E-state index < -0.39 is 11.9 Å². The molecule has 84 valence electrons. The molecule has 0 aliphatic carbocycles. The first kappa shape index (κ1) is 12.5. The molecule has 0 saturated heterocycles. The van der Waals surface area contributed by atoms with Crippen molar-refractivity contribution in [2.45, 2.75) is 32.4 Å². The van der Waals surface area contributed by atoms with E-state index in [1.807, 2.05) is 20.8 Å². The zero-order valence-corrected chi connectivity index (χ0v) is 10.2. The maximum atomic E-state index is 12.5. The van der Waals surface area contributed by atoms with Crippen LogP contribution >= 0.6 is 15.9 Å². The van der Waals surface area contributed by atoms with Gasteiger partial charge in [-0.3, -0.25) is 0 Å². The lowest BCUT2D eigenvalue weighted by Crippen LogP contribution is -2.18. The first-order chi connectivity index (χ1) is 6.62. The van der Waals surface area contributed by atoms with Crippen LogP contribution in [0.4, 0.5) is 13.2 Å². The van der Waals surface area contributed by atoms with Crippen molar-refractivity contribution in [3.8, 4) is 0 Å². The van der Waals surface area contributed by atoms with Crippen molar-refractivity contribution < 1.29 is 13.2 Å². The molecule has 0 aliphatic rings. The minimum atomic E-state index is -4.42. The van der Waals surface area contributed by atoms with Crippen molar-refractivity contribution >= 4 is 15.9 Å². The third kappa shape index (κ3) is 2.93. The molecule has 1 aromatic heterocycles. The first-order valence-corrected chi connectivity index (χ1v) is 5.16. The highest BCUT2D eigenvalue weighted by Gasteiger charge is 2.36. The van der Waals surface area contributed by atoms with Crippen molar-refractivity contribution in [3.05, 3.63) is 28.0 Å². The second-order valence-corrected chi connectivity index (χ2v) is 5.13. The average molecular weight is 282 g/mol. The molecule has 1 nitrogen and oxygen atoms in total. The predicted octanol–water partition coefficient (Wildman–Crippen LogP) is 4.16. The van der Waals surface area contributed by atoms with E-state index in [1.54, 1.807) is 6.07 Å². The van der Waals surface area contributed by atoms with Crippen molar-refractivity contribution in [1.29, 1.82) is 0 Å². The summed E-state index contributed by atoms with van der Waals surface area (Å²) in [6.45, 7) is 5.47. The van der Waals surface area contributed by atoms with E-state index in [4.69, 9.17) is 0 Å². The number of hydrogen-bond acceptors (Lipinski definition) is 1. The van der Waals surface area contributed by atoms with Gasteiger partial charge in [0.15, 0.2) is 5.69 Å². The maximum absolute atomic E-state index is 12.5. The first-order valence-electron chi connectivity index (χ1n) is 4.36. The van der Waals surface area contributed by atoms with Crippen LogP contribution in [0.5, 0.6) is 0 Å². The highest BCUT2D eigenvalue weighted by Crippen LogP contribution is 2.34. The van der Waals surface area contributed by atoms with E-state index >= 15 is 0 Å². The average Bonchev–Trinajstić information content (AvgIpc) is 2.00. The molecule has 0 aromatic carbocycles. The van der Waals surface area contributed by atoms with Gasteiger partial charge in [-0.05, 0) is 28.1 Å². The van der Waals surface area contributed by atoms with Gasteiger partial charge in [0.25, 0.3) is 0 Å². The molecule has 0 saturated carbocycles. The molecule has 0 spiro atoms. The van der Waals surface area contributed by atoms with Crippen molar-refractivity contribution in [1.82, 2.24) is 4.98 Å². The normalized spacial score (nSPS) is 13.0. The molecule has 0 fully saturated rings. The molecule has 5 heteroatoms. The van der Waals surface area contributed by atoms with Crippen LogP contribution in [-0.4, -0.2) is 4.98 Å². The molecular weight excluding hydrogens is 271 g/mol. The summed E-state index contributed by atoms with van der Waals surface area (Å²) >= 11 is 2.85. The van der Waals surface area contributed by atoms with Crippen LogP contribution in [0.15, 0.2) is 16.6 Å². The van der Waals surface area contributed by atoms with Gasteiger partial charge >= 0.3 is 6.18 Å². The van der Waals surface area contributed by atoms with Gasteiger partial charge in [-0.2, -0.15) is 13.2 Å². The summed E-state index contributed by atoms with van der Waals surface area (Å²) in [5, 5.41) is 0. The SMILES string of the molecule is CC(C)(C)c1ccc(Br)c(C(F)(F)F)n1. The summed E-state index contributed by atoms with van der Waals surface area (Å²) in [5.41, 5.74) is -0.825. The quantitative estimate of drug-likeness (QED) is 0.696. The lowest BCUT2D eigenvalue weighted by Gasteiger charge is -2.19. The molecule has 0 atom stereocenters. The fourth-order valence-corrected chi connectivity index (χ4v) is 1.50. The van der Waals surface area contributed by atoms with E-state index in [1.165, 1.54) is 6.07 Å². The summed E-state index contributed by atoms with van der Waals surface area (Å²) in [6.07, 6.45) is -4.42. The summed E-state index contributed by atoms with van der Waals surface area (Å²) in [5.74, 6) is 0. The van der Waals surface area contributed by atoms with Crippen LogP contribution in [0.2, 0.25) is 0 Å². The molecule has 1 aromatic rings. The van der Waals surface area contributed by atoms with Crippen LogP contribution in [-0.2, 0) is 11.6 Å². The molecule has 15 heavy (non-hydrogen) atoms. The molecular formula is C10H11BrF3N. The van der Waals surface area contributed by atoms with E-state index in [0.29, 0.717) is 5.69 Å². The molecule has 0 N–H and O–H groups in total. The van der Waals surface area contributed by atoms with Crippen LogP contribution in [0.1, 0.15) is 32.2 Å². The summed E-state index contributed by atoms with van der Waals surface area (Å²) < 4.78 is 37.5. The van der Waals surface area contributed by atoms with Crippen molar-refractivity contribution in [2.75, 3.05) is 0 Å². The molecule has 0 bridgehead atoms. The fraction of sp³-hybridized carbons (Fsp3) is 0.500. The monoisotopic (exact) mass is 281 g/mol. The topological polar surface area (TPSA) is 12.9 Å². The molecule has 1 heterocycles. The largest absolute Gasteiger partial charge is 0.434 e. The van der Waals surface area contributed by atoms with Gasteiger partial charge in [-0.25, -0.2) is 4.98 Å². The summed E-state index contributed by atoms with van der Waals surface area (Å²) in [6, 6.07) is 2.98. The van der Waals surface area contributed by atoms with Gasteiger partial charge in [-0.15, -0.1) is 0 Å². The molecule has 0 amide bonds. The minimum Gasteiger partial charge on any atom is -0.247 e. The molecule has 0 aliphatic heterocycles. The summed E-state index contributed by atoms with van der Waals surface area (Å²) in [4.78, 5) is 3.64. The number of hydrogen-bond donors (Lipinski definition) is 0. The number of halogens is 4. The second kappa shape index (κ2) is 3.77. The number of pyridine rings is 1. The Balaban J connectivity index is 3.30. The van der Waals surface area contributed by atoms with Crippen LogP contribution in [0, 0.1) is 0 Å². The third-order valence-corrected chi connectivity index (χ3v) is 2.52. The highest BCUT2D eigenvalue weighted by atomic mass is 79.9. The van der Waals surface area contributed by atoms with Crippen molar-refractivity contribution in [2.24, 2.45) is 0 Å². The molecule has 0 unspecified atom stereocenters. The van der Waals surface area contributed by atoms with Crippen LogP contribution in [0.25, 0.3) is 0 Å². The smallest absolute Gasteiger partial charge is 0.247 e. The lowest BCUT2D eigenvalue weighted by atomic mass is 9.91. The third-order valence-electron chi connectivity index (χ3n) is 1.88. The zero-order valence-electron chi connectivity index (χ0n) is 8.61. The molecule has 0 radical (unpaired) electrons. The Kier molecular flexibility index (Phi) is 3.14. The Morgan fingerprint density at radius 2 is 1.67 bits per heavy atom. The van der Waals surface area contributed by atoms with E-state index in [9.17, 15) is 13.2 Å². The second-order valence-electron chi connectivity index (χ2n) is 4.27. The van der Waals surface area contributed by atoms with E-state index in [0.717, 1.165) is 0 Å². The van der Waals surface area contributed by atoms with Gasteiger partial charge in [-0.1, -0.05) is 20.8 Å². The lowest BCUT2D eigenvalue weighted by molar-refractivity contribution is -0.142. The Morgan fingerprint density at radius 1 is 1.13 bits per heavy atom. The number of aromatic nitrogens is 1. The number of nitrogens with zero attached hydrogens (tertiary/aromatic N) is 1. The van der Waals surface area contributed by atoms with E-state index in [2.05, 4.69) is 20.9 Å². The fourth-order valence-electron chi connectivity index (χ4n) is 1.06. The van der Waals surface area contributed by atoms with Crippen LogP contribution in [0.3, 0.4) is 0 Å². The van der Waals surface area contributed by atoms with Gasteiger partial charge in [0.1, 0.15) is 0 Å². The Bertz CT molecular complexity index is 366. The van der Waals surface area contributed by atoms with E-state index in [-0.39, 0.29) is 9.89 Å². The number of alkyl halides is 3. The zero-order chi connectivity index (χ0) is 11.9. The van der Waals surface area contributed by atoms with Gasteiger partial charge < -0.3 is 0 Å². The Morgan fingerprint density at radius 3 is 2.07 bits per heavy atom. The number of rotatable bonds is 0. The van der Waals surface area contributed by atoms with Gasteiger partial charge in [0.05, 0.1) is 0 Å². The minimum absolute atomic E-state index is 0.0250. The Labute approximate surface area is 94.8 Å². The summed E-state index contributed by atoms with van der Waals surface area (Å²) in [7, 11) is 0. The van der Waals surface area contributed by atoms with Crippen LogP contribution < -0.4 is 0 Å².